The van der Waals surface area contributed by atoms with E-state index < -0.39 is 0 Å². The maximum absolute atomic E-state index is 11.5. The molecule has 0 spiro atoms. The summed E-state index contributed by atoms with van der Waals surface area (Å²) in [5.41, 5.74) is 0. The second-order valence-electron chi connectivity index (χ2n) is 3.69. The molecular formula is C9H16N2O2. The SMILES string of the molecule is CCOC(=O)N1CC2CCC1CN2. The first-order valence-corrected chi connectivity index (χ1v) is 4.98. The molecule has 13 heavy (non-hydrogen) atoms. The average Bonchev–Trinajstić information content (AvgIpc) is 2.20. The van der Waals surface area contributed by atoms with Gasteiger partial charge in [0.2, 0.25) is 0 Å². The van der Waals surface area contributed by atoms with E-state index in [0.29, 0.717) is 18.7 Å². The summed E-state index contributed by atoms with van der Waals surface area (Å²) in [6, 6.07) is 0.860. The third kappa shape index (κ3) is 1.63. The number of carbonyl (C=O) groups is 1. The summed E-state index contributed by atoms with van der Waals surface area (Å²) >= 11 is 0. The van der Waals surface area contributed by atoms with E-state index in [1.54, 1.807) is 0 Å². The van der Waals surface area contributed by atoms with Crippen LogP contribution in [-0.4, -0.2) is 42.8 Å². The van der Waals surface area contributed by atoms with E-state index in [9.17, 15) is 4.79 Å². The highest BCUT2D eigenvalue weighted by molar-refractivity contribution is 5.68. The third-order valence-electron chi connectivity index (χ3n) is 2.85. The lowest BCUT2D eigenvalue weighted by Gasteiger charge is -2.45. The van der Waals surface area contributed by atoms with E-state index in [1.165, 1.54) is 6.42 Å². The fourth-order valence-corrected chi connectivity index (χ4v) is 2.14. The van der Waals surface area contributed by atoms with Crippen molar-refractivity contribution >= 4 is 6.09 Å². The molecule has 0 radical (unpaired) electrons. The number of nitrogens with one attached hydrogen (secondary N) is 1. The molecule has 1 amide bonds. The van der Waals surface area contributed by atoms with Crippen molar-refractivity contribution < 1.29 is 9.53 Å². The number of amides is 1. The van der Waals surface area contributed by atoms with Gasteiger partial charge >= 0.3 is 6.09 Å². The number of nitrogens with zero attached hydrogens (tertiary/aromatic N) is 1. The summed E-state index contributed by atoms with van der Waals surface area (Å²) in [6.07, 6.45) is 2.18. The molecule has 0 aliphatic carbocycles. The molecule has 4 heteroatoms. The second kappa shape index (κ2) is 3.54. The van der Waals surface area contributed by atoms with Crippen LogP contribution < -0.4 is 5.32 Å². The minimum Gasteiger partial charge on any atom is -0.450 e. The Morgan fingerprint density at radius 3 is 2.92 bits per heavy atom. The predicted octanol–water partition coefficient (Wildman–Crippen LogP) is 0.579. The number of piperidine rings is 2. The van der Waals surface area contributed by atoms with E-state index in [1.807, 2.05) is 11.8 Å². The molecule has 0 aromatic carbocycles. The number of piperazine rings is 1. The Bertz CT molecular complexity index is 200. The number of hydrogen-bond donors (Lipinski definition) is 1. The molecule has 2 atom stereocenters. The summed E-state index contributed by atoms with van der Waals surface area (Å²) in [6.45, 7) is 4.07. The molecule has 3 heterocycles. The molecule has 74 valence electrons. The highest BCUT2D eigenvalue weighted by Crippen LogP contribution is 2.22. The second-order valence-corrected chi connectivity index (χ2v) is 3.69. The van der Waals surface area contributed by atoms with Gasteiger partial charge in [0, 0.05) is 25.2 Å². The van der Waals surface area contributed by atoms with Gasteiger partial charge in [-0.05, 0) is 19.8 Å². The molecule has 1 N–H and O–H groups in total. The predicted molar refractivity (Wildman–Crippen MR) is 48.5 cm³/mol. The zero-order valence-corrected chi connectivity index (χ0v) is 7.95. The minimum absolute atomic E-state index is 0.140. The number of rotatable bonds is 1. The van der Waals surface area contributed by atoms with Gasteiger partial charge in [0.25, 0.3) is 0 Å². The summed E-state index contributed by atoms with van der Waals surface area (Å²) in [5.74, 6) is 0. The lowest BCUT2D eigenvalue weighted by atomic mass is 9.94. The topological polar surface area (TPSA) is 41.6 Å². The van der Waals surface area contributed by atoms with E-state index in [0.717, 1.165) is 19.5 Å². The fraction of sp³-hybridized carbons (Fsp3) is 0.889. The molecule has 0 saturated carbocycles. The number of ether oxygens (including phenoxy) is 1. The lowest BCUT2D eigenvalue weighted by Crippen LogP contribution is -2.62. The van der Waals surface area contributed by atoms with Crippen LogP contribution in [0.2, 0.25) is 0 Å². The lowest BCUT2D eigenvalue weighted by molar-refractivity contribution is 0.0471. The highest BCUT2D eigenvalue weighted by atomic mass is 16.6. The van der Waals surface area contributed by atoms with Gasteiger partial charge in [0.15, 0.2) is 0 Å². The third-order valence-corrected chi connectivity index (χ3v) is 2.85. The summed E-state index contributed by atoms with van der Waals surface area (Å²) in [5, 5.41) is 3.40. The van der Waals surface area contributed by atoms with Crippen molar-refractivity contribution in [1.29, 1.82) is 0 Å². The van der Waals surface area contributed by atoms with E-state index in [-0.39, 0.29) is 6.09 Å². The highest BCUT2D eigenvalue weighted by Gasteiger charge is 2.36. The zero-order chi connectivity index (χ0) is 9.26. The van der Waals surface area contributed by atoms with Gasteiger partial charge in [-0.3, -0.25) is 0 Å². The normalized spacial score (nSPS) is 31.9. The first-order chi connectivity index (χ1) is 6.31. The van der Waals surface area contributed by atoms with E-state index in [4.69, 9.17) is 4.74 Å². The van der Waals surface area contributed by atoms with Crippen LogP contribution in [0.25, 0.3) is 0 Å². The molecule has 0 aromatic heterocycles. The summed E-state index contributed by atoms with van der Waals surface area (Å²) < 4.78 is 4.99. The molecule has 0 aromatic rings. The maximum atomic E-state index is 11.5. The molecule has 3 aliphatic rings. The Hall–Kier alpha value is -0.770. The van der Waals surface area contributed by atoms with Crippen LogP contribution in [-0.2, 0) is 4.74 Å². The molecule has 2 unspecified atom stereocenters. The molecule has 3 rings (SSSR count). The number of hydrogen-bond acceptors (Lipinski definition) is 3. The van der Waals surface area contributed by atoms with Crippen molar-refractivity contribution in [2.45, 2.75) is 31.8 Å². The van der Waals surface area contributed by atoms with Crippen LogP contribution in [0.4, 0.5) is 4.79 Å². The first kappa shape index (κ1) is 8.81. The Morgan fingerprint density at radius 1 is 1.62 bits per heavy atom. The van der Waals surface area contributed by atoms with Crippen molar-refractivity contribution in [2.24, 2.45) is 0 Å². The molecule has 3 saturated heterocycles. The van der Waals surface area contributed by atoms with Crippen molar-refractivity contribution in [1.82, 2.24) is 10.2 Å². The summed E-state index contributed by atoms with van der Waals surface area (Å²) in [7, 11) is 0. The van der Waals surface area contributed by atoms with Crippen LogP contribution >= 0.6 is 0 Å². The molecule has 2 bridgehead atoms. The Balaban J connectivity index is 1.96. The molecule has 3 aliphatic heterocycles. The first-order valence-electron chi connectivity index (χ1n) is 4.98. The Kier molecular flexibility index (Phi) is 2.40. The largest absolute Gasteiger partial charge is 0.450 e. The quantitative estimate of drug-likeness (QED) is 0.648. The van der Waals surface area contributed by atoms with Crippen LogP contribution in [0.1, 0.15) is 19.8 Å². The minimum atomic E-state index is -0.140. The Morgan fingerprint density at radius 2 is 2.46 bits per heavy atom. The Labute approximate surface area is 78.2 Å². The van der Waals surface area contributed by atoms with Crippen LogP contribution in [0.5, 0.6) is 0 Å². The van der Waals surface area contributed by atoms with Crippen LogP contribution in [0, 0.1) is 0 Å². The van der Waals surface area contributed by atoms with Crippen molar-refractivity contribution in [3.8, 4) is 0 Å². The van der Waals surface area contributed by atoms with Gasteiger partial charge in [-0.2, -0.15) is 0 Å². The van der Waals surface area contributed by atoms with Crippen molar-refractivity contribution in [3.63, 3.8) is 0 Å². The molecule has 4 nitrogen and oxygen atoms in total. The van der Waals surface area contributed by atoms with Crippen molar-refractivity contribution in [3.05, 3.63) is 0 Å². The van der Waals surface area contributed by atoms with E-state index >= 15 is 0 Å². The molecular weight excluding hydrogens is 168 g/mol. The molecule has 3 fully saturated rings. The smallest absolute Gasteiger partial charge is 0.410 e. The van der Waals surface area contributed by atoms with Gasteiger partial charge in [-0.15, -0.1) is 0 Å². The standard InChI is InChI=1S/C9H16N2O2/c1-2-13-9(12)11-6-7-3-4-8(11)5-10-7/h7-8,10H,2-6H2,1H3. The van der Waals surface area contributed by atoms with Gasteiger partial charge < -0.3 is 15.0 Å². The van der Waals surface area contributed by atoms with Gasteiger partial charge in [0.05, 0.1) is 6.61 Å². The van der Waals surface area contributed by atoms with Gasteiger partial charge in [0.1, 0.15) is 0 Å². The van der Waals surface area contributed by atoms with Crippen LogP contribution in [0.3, 0.4) is 0 Å². The summed E-state index contributed by atoms with van der Waals surface area (Å²) in [4.78, 5) is 13.3. The van der Waals surface area contributed by atoms with Gasteiger partial charge in [-0.25, -0.2) is 4.79 Å². The zero-order valence-electron chi connectivity index (χ0n) is 7.95. The number of carbonyl (C=O) groups excluding carboxylic acids is 1. The van der Waals surface area contributed by atoms with E-state index in [2.05, 4.69) is 5.32 Å². The fourth-order valence-electron chi connectivity index (χ4n) is 2.14. The average molecular weight is 184 g/mol. The van der Waals surface area contributed by atoms with Gasteiger partial charge in [-0.1, -0.05) is 0 Å². The van der Waals surface area contributed by atoms with Crippen LogP contribution in [0.15, 0.2) is 0 Å². The number of fused-ring (bicyclic) bond motifs is 3. The van der Waals surface area contributed by atoms with Crippen molar-refractivity contribution in [2.75, 3.05) is 19.7 Å². The monoisotopic (exact) mass is 184 g/mol. The maximum Gasteiger partial charge on any atom is 0.410 e.